The standard InChI is InChI=1S/C20H22N6OS/c1-2-3-14-26-24-19(23-25-26)22-20(28)21-18(27)17(15-10-6-4-7-11-15)16-12-8-5-9-13-16/h4-13,17H,2-3,14H2,1H3,(H2,21,22,24,27,28). The van der Waals surface area contributed by atoms with E-state index in [1.165, 1.54) is 4.80 Å². The number of hydrogen-bond donors (Lipinski definition) is 2. The molecule has 1 amide bonds. The van der Waals surface area contributed by atoms with Crippen LogP contribution in [0, 0.1) is 0 Å². The van der Waals surface area contributed by atoms with E-state index in [1.807, 2.05) is 60.7 Å². The summed E-state index contributed by atoms with van der Waals surface area (Å²) in [5.41, 5.74) is 1.77. The molecule has 0 unspecified atom stereocenters. The third-order valence-electron chi connectivity index (χ3n) is 4.15. The summed E-state index contributed by atoms with van der Waals surface area (Å²) in [7, 11) is 0. The number of carbonyl (C=O) groups is 1. The Morgan fingerprint density at radius 1 is 1.07 bits per heavy atom. The largest absolute Gasteiger partial charge is 0.302 e. The lowest BCUT2D eigenvalue weighted by Gasteiger charge is -2.18. The van der Waals surface area contributed by atoms with Gasteiger partial charge in [-0.1, -0.05) is 79.1 Å². The fourth-order valence-electron chi connectivity index (χ4n) is 2.79. The summed E-state index contributed by atoms with van der Waals surface area (Å²) >= 11 is 5.27. The number of aryl methyl sites for hydroxylation is 1. The maximum atomic E-state index is 13.0. The predicted molar refractivity (Wildman–Crippen MR) is 112 cm³/mol. The van der Waals surface area contributed by atoms with Gasteiger partial charge < -0.3 is 5.32 Å². The highest BCUT2D eigenvalue weighted by Gasteiger charge is 2.23. The van der Waals surface area contributed by atoms with Crippen LogP contribution in [0.5, 0.6) is 0 Å². The van der Waals surface area contributed by atoms with Gasteiger partial charge in [-0.2, -0.15) is 4.80 Å². The quantitative estimate of drug-likeness (QED) is 0.599. The van der Waals surface area contributed by atoms with Gasteiger partial charge in [0.05, 0.1) is 12.5 Å². The number of anilines is 1. The van der Waals surface area contributed by atoms with Gasteiger partial charge in [0.1, 0.15) is 0 Å². The van der Waals surface area contributed by atoms with Crippen molar-refractivity contribution in [1.29, 1.82) is 0 Å². The summed E-state index contributed by atoms with van der Waals surface area (Å²) in [4.78, 5) is 14.5. The second-order valence-corrected chi connectivity index (χ2v) is 6.67. The molecule has 28 heavy (non-hydrogen) atoms. The first-order valence-electron chi connectivity index (χ1n) is 9.17. The van der Waals surface area contributed by atoms with Crippen LogP contribution in [-0.2, 0) is 11.3 Å². The lowest BCUT2D eigenvalue weighted by molar-refractivity contribution is -0.120. The molecule has 0 bridgehead atoms. The van der Waals surface area contributed by atoms with Gasteiger partial charge in [-0.25, -0.2) is 0 Å². The van der Waals surface area contributed by atoms with Crippen molar-refractivity contribution in [2.45, 2.75) is 32.2 Å². The maximum Gasteiger partial charge on any atom is 0.269 e. The Morgan fingerprint density at radius 3 is 2.25 bits per heavy atom. The second-order valence-electron chi connectivity index (χ2n) is 6.26. The molecule has 2 aromatic carbocycles. The molecule has 0 aliphatic carbocycles. The van der Waals surface area contributed by atoms with E-state index < -0.39 is 5.92 Å². The Morgan fingerprint density at radius 2 is 1.68 bits per heavy atom. The number of rotatable bonds is 7. The first kappa shape index (κ1) is 19.6. The van der Waals surface area contributed by atoms with Crippen LogP contribution in [0.1, 0.15) is 36.8 Å². The third kappa shape index (κ3) is 5.20. The molecule has 1 aromatic heterocycles. The van der Waals surface area contributed by atoms with E-state index in [2.05, 4.69) is 33.0 Å². The van der Waals surface area contributed by atoms with Crippen LogP contribution in [-0.4, -0.2) is 31.2 Å². The Labute approximate surface area is 169 Å². The summed E-state index contributed by atoms with van der Waals surface area (Å²) in [6, 6.07) is 19.2. The highest BCUT2D eigenvalue weighted by molar-refractivity contribution is 7.80. The van der Waals surface area contributed by atoms with Gasteiger partial charge in [0, 0.05) is 0 Å². The molecule has 0 spiro atoms. The number of amides is 1. The van der Waals surface area contributed by atoms with Crippen LogP contribution in [0.2, 0.25) is 0 Å². The van der Waals surface area contributed by atoms with Crippen molar-refractivity contribution in [2.75, 3.05) is 5.32 Å². The number of hydrogen-bond acceptors (Lipinski definition) is 5. The van der Waals surface area contributed by atoms with Crippen molar-refractivity contribution >= 4 is 29.2 Å². The SMILES string of the molecule is CCCCn1nnc(NC(=S)NC(=O)C(c2ccccc2)c2ccccc2)n1. The van der Waals surface area contributed by atoms with Gasteiger partial charge in [-0.15, -0.1) is 5.10 Å². The van der Waals surface area contributed by atoms with Crippen LogP contribution < -0.4 is 10.6 Å². The van der Waals surface area contributed by atoms with Crippen LogP contribution in [0.3, 0.4) is 0 Å². The average molecular weight is 395 g/mol. The smallest absolute Gasteiger partial charge is 0.269 e. The van der Waals surface area contributed by atoms with Gasteiger partial charge in [-0.05, 0) is 35.0 Å². The van der Waals surface area contributed by atoms with Crippen LogP contribution >= 0.6 is 12.2 Å². The Kier molecular flexibility index (Phi) is 6.80. The Bertz CT molecular complexity index is 873. The van der Waals surface area contributed by atoms with Gasteiger partial charge in [0.2, 0.25) is 5.91 Å². The van der Waals surface area contributed by atoms with Crippen LogP contribution in [0.25, 0.3) is 0 Å². The molecule has 0 saturated carbocycles. The predicted octanol–water partition coefficient (Wildman–Crippen LogP) is 3.12. The fourth-order valence-corrected chi connectivity index (χ4v) is 2.98. The number of carbonyl (C=O) groups excluding carboxylic acids is 1. The van der Waals surface area contributed by atoms with Gasteiger partial charge >= 0.3 is 0 Å². The van der Waals surface area contributed by atoms with E-state index in [0.717, 1.165) is 24.0 Å². The molecule has 0 saturated heterocycles. The number of tetrazole rings is 1. The van der Waals surface area contributed by atoms with E-state index in [-0.39, 0.29) is 17.0 Å². The molecule has 0 aliphatic rings. The maximum absolute atomic E-state index is 13.0. The normalized spacial score (nSPS) is 10.6. The van der Waals surface area contributed by atoms with E-state index in [0.29, 0.717) is 6.54 Å². The highest BCUT2D eigenvalue weighted by Crippen LogP contribution is 2.24. The molecule has 7 nitrogen and oxygen atoms in total. The van der Waals surface area contributed by atoms with Crippen LogP contribution in [0.15, 0.2) is 60.7 Å². The van der Waals surface area contributed by atoms with E-state index >= 15 is 0 Å². The topological polar surface area (TPSA) is 84.7 Å². The second kappa shape index (κ2) is 9.70. The summed E-state index contributed by atoms with van der Waals surface area (Å²) in [6.07, 6.45) is 2.01. The Balaban J connectivity index is 1.69. The molecule has 3 aromatic rings. The molecule has 0 aliphatic heterocycles. The molecule has 0 fully saturated rings. The van der Waals surface area contributed by atoms with Gasteiger partial charge in [0.15, 0.2) is 5.11 Å². The van der Waals surface area contributed by atoms with E-state index in [4.69, 9.17) is 12.2 Å². The van der Waals surface area contributed by atoms with Crippen molar-refractivity contribution in [1.82, 2.24) is 25.5 Å². The lowest BCUT2D eigenvalue weighted by Crippen LogP contribution is -2.38. The molecular weight excluding hydrogens is 372 g/mol. The number of benzene rings is 2. The molecular formula is C20H22N6OS. The number of aromatic nitrogens is 4. The first-order valence-corrected chi connectivity index (χ1v) is 9.57. The third-order valence-corrected chi connectivity index (χ3v) is 4.36. The minimum Gasteiger partial charge on any atom is -0.302 e. The van der Waals surface area contributed by atoms with Crippen LogP contribution in [0.4, 0.5) is 5.95 Å². The average Bonchev–Trinajstić information content (AvgIpc) is 3.15. The molecule has 2 N–H and O–H groups in total. The lowest BCUT2D eigenvalue weighted by atomic mass is 9.90. The minimum atomic E-state index is -0.477. The molecule has 144 valence electrons. The van der Waals surface area contributed by atoms with Gasteiger partial charge in [-0.3, -0.25) is 10.1 Å². The fraction of sp³-hybridized carbons (Fsp3) is 0.250. The summed E-state index contributed by atoms with van der Waals surface area (Å²) < 4.78 is 0. The number of thiocarbonyl (C=S) groups is 1. The number of nitrogens with one attached hydrogen (secondary N) is 2. The van der Waals surface area contributed by atoms with Crippen molar-refractivity contribution < 1.29 is 4.79 Å². The van der Waals surface area contributed by atoms with Crippen molar-refractivity contribution in [2.24, 2.45) is 0 Å². The summed E-state index contributed by atoms with van der Waals surface area (Å²) in [5.74, 6) is -0.444. The first-order chi connectivity index (χ1) is 13.7. The Hall–Kier alpha value is -3.13. The molecule has 8 heteroatoms. The number of nitrogens with zero attached hydrogens (tertiary/aromatic N) is 4. The molecule has 3 rings (SSSR count). The molecule has 1 heterocycles. The zero-order valence-corrected chi connectivity index (χ0v) is 16.4. The minimum absolute atomic E-state index is 0.136. The van der Waals surface area contributed by atoms with Crippen molar-refractivity contribution in [3.63, 3.8) is 0 Å². The monoisotopic (exact) mass is 394 g/mol. The zero-order valence-electron chi connectivity index (χ0n) is 15.6. The summed E-state index contributed by atoms with van der Waals surface area (Å²) in [6.45, 7) is 2.78. The van der Waals surface area contributed by atoms with Crippen molar-refractivity contribution in [3.05, 3.63) is 71.8 Å². The highest BCUT2D eigenvalue weighted by atomic mass is 32.1. The van der Waals surface area contributed by atoms with Gasteiger partial charge in [0.25, 0.3) is 5.95 Å². The zero-order chi connectivity index (χ0) is 19.8. The van der Waals surface area contributed by atoms with E-state index in [1.54, 1.807) is 0 Å². The van der Waals surface area contributed by atoms with E-state index in [9.17, 15) is 4.79 Å². The molecule has 0 radical (unpaired) electrons. The summed E-state index contributed by atoms with van der Waals surface area (Å²) in [5, 5.41) is 17.8. The van der Waals surface area contributed by atoms with Crippen molar-refractivity contribution in [3.8, 4) is 0 Å². The number of unbranched alkanes of at least 4 members (excludes halogenated alkanes) is 1. The molecule has 0 atom stereocenters.